The lowest BCUT2D eigenvalue weighted by Gasteiger charge is -2.20. The molecule has 0 fully saturated rings. The molecule has 0 saturated heterocycles. The minimum atomic E-state index is -0.932. The van der Waals surface area contributed by atoms with Gasteiger partial charge in [-0.2, -0.15) is 0 Å². The van der Waals surface area contributed by atoms with Crippen molar-refractivity contribution in [2.45, 2.75) is 19.9 Å². The van der Waals surface area contributed by atoms with E-state index in [0.29, 0.717) is 5.56 Å². The number of hydrogen-bond donors (Lipinski definition) is 2. The molecule has 0 aliphatic heterocycles. The van der Waals surface area contributed by atoms with Crippen LogP contribution in [0.3, 0.4) is 0 Å². The molecule has 0 aliphatic rings. The predicted octanol–water partition coefficient (Wildman–Crippen LogP) is 2.29. The molecule has 0 radical (unpaired) electrons. The molecule has 0 aliphatic carbocycles. The lowest BCUT2D eigenvalue weighted by Crippen LogP contribution is -2.44. The fourth-order valence-corrected chi connectivity index (χ4v) is 1.78. The van der Waals surface area contributed by atoms with E-state index in [0.717, 1.165) is 10.5 Å². The highest BCUT2D eigenvalue weighted by molar-refractivity contribution is 7.96. The summed E-state index contributed by atoms with van der Waals surface area (Å²) >= 11 is 3.78. The van der Waals surface area contributed by atoms with Crippen LogP contribution in [0.25, 0.3) is 0 Å². The molecule has 1 rings (SSSR count). The van der Waals surface area contributed by atoms with Gasteiger partial charge >= 0.3 is 12.1 Å². The van der Waals surface area contributed by atoms with Crippen molar-refractivity contribution in [3.63, 3.8) is 0 Å². The first-order valence-electron chi connectivity index (χ1n) is 6.37. The number of urea groups is 1. The zero-order chi connectivity index (χ0) is 16.0. The zero-order valence-corrected chi connectivity index (χ0v) is 13.0. The minimum absolute atomic E-state index is 0.156. The van der Waals surface area contributed by atoms with Gasteiger partial charge in [0.1, 0.15) is 6.04 Å². The van der Waals surface area contributed by atoms with Gasteiger partial charge in [-0.1, -0.05) is 29.8 Å². The van der Waals surface area contributed by atoms with Gasteiger partial charge in [0.05, 0.1) is 6.61 Å². The SMILES string of the molecule is CCOC(=O)N(C)C(=O)NC(C(=O)S)c1ccc(C)cc1. The van der Waals surface area contributed by atoms with Crippen molar-refractivity contribution in [3.8, 4) is 0 Å². The molecule has 0 heterocycles. The molecule has 0 spiro atoms. The van der Waals surface area contributed by atoms with Crippen LogP contribution < -0.4 is 5.32 Å². The number of carbonyl (C=O) groups excluding carboxylic acids is 3. The predicted molar refractivity (Wildman–Crippen MR) is 81.2 cm³/mol. The number of benzene rings is 1. The van der Waals surface area contributed by atoms with Gasteiger partial charge in [0, 0.05) is 7.05 Å². The second-order valence-corrected chi connectivity index (χ2v) is 4.83. The third kappa shape index (κ3) is 4.78. The average molecular weight is 310 g/mol. The highest BCUT2D eigenvalue weighted by Crippen LogP contribution is 2.17. The molecule has 1 N–H and O–H groups in total. The first kappa shape index (κ1) is 17.0. The number of imide groups is 1. The van der Waals surface area contributed by atoms with Gasteiger partial charge in [0.15, 0.2) is 0 Å². The van der Waals surface area contributed by atoms with E-state index in [1.54, 1.807) is 19.1 Å². The third-order valence-corrected chi connectivity index (χ3v) is 3.03. The van der Waals surface area contributed by atoms with E-state index < -0.39 is 23.3 Å². The second-order valence-electron chi connectivity index (χ2n) is 4.39. The standard InChI is InChI=1S/C14H18N2O4S/c1-4-20-14(19)16(3)13(18)15-11(12(17)21)10-7-5-9(2)6-8-10/h5-8,11H,4H2,1-3H3,(H,15,18)(H,17,21). The number of ether oxygens (including phenoxy) is 1. The molecule has 1 unspecified atom stereocenters. The van der Waals surface area contributed by atoms with Crippen molar-refractivity contribution in [1.29, 1.82) is 0 Å². The Morgan fingerprint density at radius 3 is 2.33 bits per heavy atom. The maximum absolute atomic E-state index is 11.9. The van der Waals surface area contributed by atoms with Crippen molar-refractivity contribution in [2.24, 2.45) is 0 Å². The Morgan fingerprint density at radius 2 is 1.86 bits per heavy atom. The first-order chi connectivity index (χ1) is 9.86. The van der Waals surface area contributed by atoms with E-state index in [1.807, 2.05) is 19.1 Å². The number of rotatable bonds is 4. The lowest BCUT2D eigenvalue weighted by molar-refractivity contribution is -0.112. The van der Waals surface area contributed by atoms with Crippen molar-refractivity contribution in [3.05, 3.63) is 35.4 Å². The summed E-state index contributed by atoms with van der Waals surface area (Å²) in [7, 11) is 1.27. The molecule has 7 heteroatoms. The van der Waals surface area contributed by atoms with E-state index >= 15 is 0 Å². The van der Waals surface area contributed by atoms with Crippen LogP contribution in [0, 0.1) is 6.92 Å². The fraction of sp³-hybridized carbons (Fsp3) is 0.357. The second kappa shape index (κ2) is 7.68. The van der Waals surface area contributed by atoms with Gasteiger partial charge in [-0.25, -0.2) is 14.5 Å². The largest absolute Gasteiger partial charge is 0.449 e. The van der Waals surface area contributed by atoms with Crippen LogP contribution in [0.2, 0.25) is 0 Å². The van der Waals surface area contributed by atoms with E-state index in [-0.39, 0.29) is 6.61 Å². The zero-order valence-electron chi connectivity index (χ0n) is 12.1. The van der Waals surface area contributed by atoms with Crippen molar-refractivity contribution >= 4 is 29.9 Å². The molecule has 21 heavy (non-hydrogen) atoms. The van der Waals surface area contributed by atoms with Crippen molar-refractivity contribution < 1.29 is 19.1 Å². The summed E-state index contributed by atoms with van der Waals surface area (Å²) in [5.41, 5.74) is 1.62. The van der Waals surface area contributed by atoms with Crippen molar-refractivity contribution in [1.82, 2.24) is 10.2 Å². The van der Waals surface area contributed by atoms with E-state index in [1.165, 1.54) is 7.05 Å². The first-order valence-corrected chi connectivity index (χ1v) is 6.81. The molecule has 6 nitrogen and oxygen atoms in total. The molecule has 3 amide bonds. The molecule has 114 valence electrons. The van der Waals surface area contributed by atoms with Crippen LogP contribution in [-0.4, -0.2) is 35.8 Å². The molecule has 1 aromatic carbocycles. The Balaban J connectivity index is 2.84. The summed E-state index contributed by atoms with van der Waals surface area (Å²) in [5, 5.41) is 1.93. The Kier molecular flexibility index (Phi) is 6.23. The number of thiol groups is 1. The van der Waals surface area contributed by atoms with Crippen LogP contribution in [0.1, 0.15) is 24.1 Å². The monoisotopic (exact) mass is 310 g/mol. The van der Waals surface area contributed by atoms with E-state index in [9.17, 15) is 14.4 Å². The van der Waals surface area contributed by atoms with Gasteiger partial charge in [0.25, 0.3) is 0 Å². The van der Waals surface area contributed by atoms with E-state index in [4.69, 9.17) is 4.74 Å². The Bertz CT molecular complexity index is 530. The Morgan fingerprint density at radius 1 is 1.29 bits per heavy atom. The van der Waals surface area contributed by atoms with Crippen LogP contribution in [0.15, 0.2) is 24.3 Å². The molecule has 0 saturated carbocycles. The summed E-state index contributed by atoms with van der Waals surface area (Å²) in [6, 6.07) is 5.41. The number of nitrogens with one attached hydrogen (secondary N) is 1. The Hall–Kier alpha value is -2.02. The number of aryl methyl sites for hydroxylation is 1. The van der Waals surface area contributed by atoms with Gasteiger partial charge < -0.3 is 10.1 Å². The molecular formula is C14H18N2O4S. The molecule has 1 aromatic rings. The summed E-state index contributed by atoms with van der Waals surface area (Å²) in [6.45, 7) is 3.70. The molecule has 0 bridgehead atoms. The molecule has 0 aromatic heterocycles. The van der Waals surface area contributed by atoms with E-state index in [2.05, 4.69) is 17.9 Å². The highest BCUT2D eigenvalue weighted by Gasteiger charge is 2.25. The average Bonchev–Trinajstić information content (AvgIpc) is 2.44. The van der Waals surface area contributed by atoms with Gasteiger partial charge in [-0.3, -0.25) is 4.79 Å². The number of carbonyl (C=O) groups is 3. The van der Waals surface area contributed by atoms with Gasteiger partial charge in [-0.15, -0.1) is 12.6 Å². The fourth-order valence-electron chi connectivity index (χ4n) is 1.57. The van der Waals surface area contributed by atoms with Gasteiger partial charge in [0.2, 0.25) is 5.12 Å². The normalized spacial score (nSPS) is 11.4. The number of hydrogen-bond acceptors (Lipinski definition) is 4. The third-order valence-electron chi connectivity index (χ3n) is 2.77. The quantitative estimate of drug-likeness (QED) is 0.837. The summed E-state index contributed by atoms with van der Waals surface area (Å²) in [6.07, 6.45) is -0.788. The topological polar surface area (TPSA) is 75.7 Å². The van der Waals surface area contributed by atoms with Crippen LogP contribution in [0.4, 0.5) is 9.59 Å². The minimum Gasteiger partial charge on any atom is -0.449 e. The Labute approximate surface area is 128 Å². The van der Waals surface area contributed by atoms with Crippen molar-refractivity contribution in [2.75, 3.05) is 13.7 Å². The van der Waals surface area contributed by atoms with Crippen LogP contribution in [-0.2, 0) is 9.53 Å². The summed E-state index contributed by atoms with van der Waals surface area (Å²) < 4.78 is 4.71. The lowest BCUT2D eigenvalue weighted by atomic mass is 10.1. The molecular weight excluding hydrogens is 292 g/mol. The van der Waals surface area contributed by atoms with Crippen LogP contribution in [0.5, 0.6) is 0 Å². The maximum atomic E-state index is 11.9. The number of nitrogens with zero attached hydrogens (tertiary/aromatic N) is 1. The van der Waals surface area contributed by atoms with Crippen LogP contribution >= 0.6 is 12.6 Å². The smallest absolute Gasteiger partial charge is 0.417 e. The number of amides is 3. The summed E-state index contributed by atoms with van der Waals surface area (Å²) in [5.74, 6) is 0. The molecule has 1 atom stereocenters. The van der Waals surface area contributed by atoms with Gasteiger partial charge in [-0.05, 0) is 19.4 Å². The highest BCUT2D eigenvalue weighted by atomic mass is 32.1. The summed E-state index contributed by atoms with van der Waals surface area (Å²) in [4.78, 5) is 35.8. The maximum Gasteiger partial charge on any atom is 0.417 e.